The molecule has 0 aliphatic carbocycles. The molecule has 2 aromatic rings. The van der Waals surface area contributed by atoms with Crippen molar-refractivity contribution in [3.8, 4) is 0 Å². The molecule has 0 fully saturated rings. The van der Waals surface area contributed by atoms with Gasteiger partial charge >= 0.3 is 0 Å². The number of rotatable bonds is 4. The van der Waals surface area contributed by atoms with Gasteiger partial charge in [0, 0.05) is 23.4 Å². The molecule has 1 heterocycles. The summed E-state index contributed by atoms with van der Waals surface area (Å²) >= 11 is 1.32. The van der Waals surface area contributed by atoms with Crippen molar-refractivity contribution in [1.82, 2.24) is 15.2 Å². The Hall–Kier alpha value is -1.47. The number of benzene rings is 1. The van der Waals surface area contributed by atoms with E-state index in [4.69, 9.17) is 5.73 Å². The molecular weight excluding hydrogens is 258 g/mol. The van der Waals surface area contributed by atoms with Crippen molar-refractivity contribution in [2.45, 2.75) is 18.1 Å². The number of aryl methyl sites for hydroxylation is 1. The molecule has 3 N–H and O–H groups in total. The average molecular weight is 270 g/mol. The van der Waals surface area contributed by atoms with Crippen LogP contribution in [0.25, 0.3) is 0 Å². The second-order valence-electron chi connectivity index (χ2n) is 3.79. The van der Waals surface area contributed by atoms with Crippen LogP contribution in [0.2, 0.25) is 0 Å². The molecular formula is C11H12F2N4S. The van der Waals surface area contributed by atoms with Crippen LogP contribution in [0.5, 0.6) is 0 Å². The molecule has 18 heavy (non-hydrogen) atoms. The Bertz CT molecular complexity index is 544. The highest BCUT2D eigenvalue weighted by Gasteiger charge is 2.13. The van der Waals surface area contributed by atoms with E-state index in [-0.39, 0.29) is 5.56 Å². The molecule has 0 saturated carbocycles. The van der Waals surface area contributed by atoms with Crippen molar-refractivity contribution in [3.63, 3.8) is 0 Å². The van der Waals surface area contributed by atoms with Crippen LogP contribution in [-0.2, 0) is 0 Å². The smallest absolute Gasteiger partial charge is 0.208 e. The van der Waals surface area contributed by atoms with Gasteiger partial charge in [-0.05, 0) is 13.0 Å². The number of nitrogens with two attached hydrogens (primary N) is 1. The van der Waals surface area contributed by atoms with Crippen LogP contribution >= 0.6 is 11.8 Å². The summed E-state index contributed by atoms with van der Waals surface area (Å²) < 4.78 is 26.2. The third-order valence-corrected chi connectivity index (χ3v) is 3.30. The van der Waals surface area contributed by atoms with E-state index in [1.807, 2.05) is 0 Å². The molecule has 0 saturated heterocycles. The summed E-state index contributed by atoms with van der Waals surface area (Å²) in [5.74, 6) is -0.117. The summed E-state index contributed by atoms with van der Waals surface area (Å²) in [6, 6.07) is 2.85. The fourth-order valence-electron chi connectivity index (χ4n) is 1.44. The van der Waals surface area contributed by atoms with Crippen molar-refractivity contribution in [1.29, 1.82) is 0 Å². The minimum atomic E-state index is -0.630. The van der Waals surface area contributed by atoms with E-state index >= 15 is 0 Å². The van der Waals surface area contributed by atoms with E-state index in [9.17, 15) is 8.78 Å². The highest BCUT2D eigenvalue weighted by atomic mass is 32.2. The Balaban J connectivity index is 2.01. The largest absolute Gasteiger partial charge is 0.323 e. The highest BCUT2D eigenvalue weighted by molar-refractivity contribution is 7.99. The number of thioether (sulfide) groups is 1. The fraction of sp³-hybridized carbons (Fsp3) is 0.273. The minimum absolute atomic E-state index is 0.288. The van der Waals surface area contributed by atoms with Gasteiger partial charge in [0.05, 0.1) is 0 Å². The Morgan fingerprint density at radius 1 is 1.44 bits per heavy atom. The van der Waals surface area contributed by atoms with Crippen molar-refractivity contribution in [3.05, 3.63) is 41.2 Å². The molecule has 7 heteroatoms. The summed E-state index contributed by atoms with van der Waals surface area (Å²) in [6.07, 6.45) is 0. The lowest BCUT2D eigenvalue weighted by Crippen LogP contribution is -2.15. The lowest BCUT2D eigenvalue weighted by atomic mass is 10.1. The van der Waals surface area contributed by atoms with Gasteiger partial charge in [0.15, 0.2) is 0 Å². The molecule has 0 aliphatic rings. The van der Waals surface area contributed by atoms with E-state index in [0.717, 1.165) is 6.07 Å². The fourth-order valence-corrected chi connectivity index (χ4v) is 2.26. The van der Waals surface area contributed by atoms with Crippen molar-refractivity contribution >= 4 is 11.8 Å². The number of nitrogens with one attached hydrogen (secondary N) is 1. The van der Waals surface area contributed by atoms with Crippen molar-refractivity contribution in [2.75, 3.05) is 5.75 Å². The molecule has 0 amide bonds. The van der Waals surface area contributed by atoms with Gasteiger partial charge in [-0.1, -0.05) is 17.8 Å². The van der Waals surface area contributed by atoms with Crippen LogP contribution in [0.15, 0.2) is 23.4 Å². The zero-order chi connectivity index (χ0) is 13.1. The summed E-state index contributed by atoms with van der Waals surface area (Å²) in [4.78, 5) is 4.10. The van der Waals surface area contributed by atoms with Crippen LogP contribution in [0.1, 0.15) is 17.4 Å². The molecule has 0 radical (unpaired) electrons. The van der Waals surface area contributed by atoms with E-state index in [1.54, 1.807) is 6.92 Å². The summed E-state index contributed by atoms with van der Waals surface area (Å²) in [6.45, 7) is 1.79. The number of H-pyrrole nitrogens is 1. The van der Waals surface area contributed by atoms with E-state index in [1.165, 1.54) is 23.9 Å². The highest BCUT2D eigenvalue weighted by Crippen LogP contribution is 2.22. The number of halogens is 2. The standard InChI is InChI=1S/C11H12F2N4S/c1-6-15-11(17-16-6)18-5-10(14)8-3-2-7(12)4-9(8)13/h2-4,10H,5,14H2,1H3,(H,15,16,17). The number of nitrogens with zero attached hydrogens (tertiary/aromatic N) is 2. The zero-order valence-corrected chi connectivity index (χ0v) is 10.5. The van der Waals surface area contributed by atoms with Gasteiger partial charge in [-0.15, -0.1) is 5.10 Å². The Labute approximate surface area is 107 Å². The molecule has 1 unspecified atom stereocenters. The minimum Gasteiger partial charge on any atom is -0.323 e. The van der Waals surface area contributed by atoms with Gasteiger partial charge in [0.25, 0.3) is 0 Å². The van der Waals surface area contributed by atoms with E-state index in [2.05, 4.69) is 15.2 Å². The maximum atomic E-state index is 13.5. The molecule has 0 bridgehead atoms. The van der Waals surface area contributed by atoms with Crippen molar-refractivity contribution < 1.29 is 8.78 Å². The van der Waals surface area contributed by atoms with Gasteiger partial charge in [-0.25, -0.2) is 13.8 Å². The van der Waals surface area contributed by atoms with Crippen molar-refractivity contribution in [2.24, 2.45) is 5.73 Å². The zero-order valence-electron chi connectivity index (χ0n) is 9.65. The first kappa shape index (κ1) is 13.0. The molecule has 96 valence electrons. The van der Waals surface area contributed by atoms with Crippen LogP contribution in [-0.4, -0.2) is 20.9 Å². The van der Waals surface area contributed by atoms with E-state index in [0.29, 0.717) is 16.7 Å². The average Bonchev–Trinajstić information content (AvgIpc) is 2.72. The molecule has 0 aliphatic heterocycles. The van der Waals surface area contributed by atoms with E-state index < -0.39 is 17.7 Å². The quantitative estimate of drug-likeness (QED) is 0.836. The maximum Gasteiger partial charge on any atom is 0.208 e. The first-order valence-electron chi connectivity index (χ1n) is 5.28. The lowest BCUT2D eigenvalue weighted by Gasteiger charge is -2.11. The first-order chi connectivity index (χ1) is 8.56. The first-order valence-corrected chi connectivity index (χ1v) is 6.27. The number of aromatic nitrogens is 3. The lowest BCUT2D eigenvalue weighted by molar-refractivity contribution is 0.563. The summed E-state index contributed by atoms with van der Waals surface area (Å²) in [7, 11) is 0. The predicted octanol–water partition coefficient (Wildman–Crippen LogP) is 2.18. The van der Waals surface area contributed by atoms with Gasteiger partial charge < -0.3 is 5.73 Å². The second kappa shape index (κ2) is 5.45. The molecule has 2 rings (SSSR count). The normalized spacial score (nSPS) is 12.7. The van der Waals surface area contributed by atoms with Crippen LogP contribution in [0.4, 0.5) is 8.78 Å². The third kappa shape index (κ3) is 3.05. The Kier molecular flexibility index (Phi) is 3.93. The number of aromatic amines is 1. The maximum absolute atomic E-state index is 13.5. The SMILES string of the molecule is Cc1nc(SCC(N)c2ccc(F)cc2F)n[nH]1. The molecule has 1 atom stereocenters. The molecule has 0 spiro atoms. The van der Waals surface area contributed by atoms with Gasteiger partial charge in [0.1, 0.15) is 17.5 Å². The summed E-state index contributed by atoms with van der Waals surface area (Å²) in [5.41, 5.74) is 6.14. The number of hydrogen-bond donors (Lipinski definition) is 2. The van der Waals surface area contributed by atoms with Gasteiger partial charge in [-0.3, -0.25) is 5.10 Å². The summed E-state index contributed by atoms with van der Waals surface area (Å²) in [5, 5.41) is 7.20. The van der Waals surface area contributed by atoms with Crippen LogP contribution in [0.3, 0.4) is 0 Å². The Morgan fingerprint density at radius 2 is 2.22 bits per heavy atom. The third-order valence-electron chi connectivity index (χ3n) is 2.33. The van der Waals surface area contributed by atoms with Crippen LogP contribution in [0, 0.1) is 18.6 Å². The van der Waals surface area contributed by atoms with Gasteiger partial charge in [0.2, 0.25) is 5.16 Å². The number of hydrogen-bond acceptors (Lipinski definition) is 4. The van der Waals surface area contributed by atoms with Gasteiger partial charge in [-0.2, -0.15) is 0 Å². The monoisotopic (exact) mass is 270 g/mol. The Morgan fingerprint density at radius 3 is 2.83 bits per heavy atom. The molecule has 1 aromatic heterocycles. The topological polar surface area (TPSA) is 67.6 Å². The van der Waals surface area contributed by atoms with Crippen LogP contribution < -0.4 is 5.73 Å². The molecule has 1 aromatic carbocycles. The molecule has 4 nitrogen and oxygen atoms in total. The predicted molar refractivity (Wildman–Crippen MR) is 65.1 cm³/mol. The second-order valence-corrected chi connectivity index (χ2v) is 4.77.